The first-order valence-corrected chi connectivity index (χ1v) is 11.6. The Hall–Kier alpha value is -2.63. The van der Waals surface area contributed by atoms with Gasteiger partial charge in [-0.1, -0.05) is 13.0 Å². The third kappa shape index (κ3) is 3.54. The maximum absolute atomic E-state index is 13.8. The predicted molar refractivity (Wildman–Crippen MR) is 117 cm³/mol. The molecule has 1 aromatic carbocycles. The number of Topliss-reactive ketones (excluding diaryl/α,β-unsaturated/α-hetero) is 1. The Bertz CT molecular complexity index is 1070. The molecule has 2 fully saturated rings. The van der Waals surface area contributed by atoms with E-state index in [2.05, 4.69) is 17.2 Å². The summed E-state index contributed by atoms with van der Waals surface area (Å²) in [5.74, 6) is 0.324. The zero-order valence-corrected chi connectivity index (χ0v) is 18.2. The van der Waals surface area contributed by atoms with Crippen LogP contribution >= 0.6 is 0 Å². The number of hydrogen-bond donors (Lipinski definition) is 1. The second kappa shape index (κ2) is 8.05. The van der Waals surface area contributed by atoms with Crippen molar-refractivity contribution in [1.82, 2.24) is 4.98 Å². The lowest BCUT2D eigenvalue weighted by atomic mass is 9.54. The average Bonchev–Trinajstić information content (AvgIpc) is 3.03. The van der Waals surface area contributed by atoms with Gasteiger partial charge in [0.25, 0.3) is 0 Å². The van der Waals surface area contributed by atoms with Crippen molar-refractivity contribution in [2.75, 3.05) is 5.32 Å². The van der Waals surface area contributed by atoms with E-state index in [1.165, 1.54) is 23.9 Å². The van der Waals surface area contributed by atoms with Crippen molar-refractivity contribution < 1.29 is 18.4 Å². The SMILES string of the molecule is C[C@]12CCC3c4ccc(F)cc4CCC3C1[C@H](CCC(=O)Nc1ncccc1F)CC2=O. The van der Waals surface area contributed by atoms with Gasteiger partial charge in [0.1, 0.15) is 11.6 Å². The molecule has 3 unspecified atom stereocenters. The van der Waals surface area contributed by atoms with E-state index in [4.69, 9.17) is 0 Å². The Balaban J connectivity index is 1.33. The van der Waals surface area contributed by atoms with Gasteiger partial charge in [0, 0.05) is 24.5 Å². The van der Waals surface area contributed by atoms with Gasteiger partial charge in [-0.15, -0.1) is 0 Å². The third-order valence-corrected chi connectivity index (χ3v) is 8.29. The molecule has 1 heterocycles. The van der Waals surface area contributed by atoms with Gasteiger partial charge in [-0.25, -0.2) is 13.8 Å². The van der Waals surface area contributed by atoms with E-state index in [0.29, 0.717) is 30.5 Å². The van der Waals surface area contributed by atoms with Crippen molar-refractivity contribution in [3.63, 3.8) is 0 Å². The molecule has 5 atom stereocenters. The van der Waals surface area contributed by atoms with Gasteiger partial charge >= 0.3 is 0 Å². The molecule has 2 saturated carbocycles. The summed E-state index contributed by atoms with van der Waals surface area (Å²) in [5, 5.41) is 2.56. The lowest BCUT2D eigenvalue weighted by Crippen LogP contribution is -2.44. The number of fused-ring (bicyclic) bond motifs is 5. The monoisotopic (exact) mass is 438 g/mol. The number of benzene rings is 1. The van der Waals surface area contributed by atoms with Gasteiger partial charge in [-0.2, -0.15) is 0 Å². The van der Waals surface area contributed by atoms with Crippen LogP contribution in [0.25, 0.3) is 0 Å². The molecular formula is C26H28F2N2O2. The molecule has 4 nitrogen and oxygen atoms in total. The summed E-state index contributed by atoms with van der Waals surface area (Å²) in [6.07, 6.45) is 6.37. The van der Waals surface area contributed by atoms with Crippen molar-refractivity contribution >= 4 is 17.5 Å². The highest BCUT2D eigenvalue weighted by Crippen LogP contribution is 2.62. The molecule has 1 aromatic heterocycles. The van der Waals surface area contributed by atoms with Crippen LogP contribution in [-0.4, -0.2) is 16.7 Å². The summed E-state index contributed by atoms with van der Waals surface area (Å²) >= 11 is 0. The number of nitrogens with one attached hydrogen (secondary N) is 1. The first-order valence-electron chi connectivity index (χ1n) is 11.6. The van der Waals surface area contributed by atoms with Crippen molar-refractivity contribution in [3.05, 3.63) is 59.3 Å². The minimum absolute atomic E-state index is 0.0568. The van der Waals surface area contributed by atoms with Crippen LogP contribution in [0, 0.1) is 34.8 Å². The highest BCUT2D eigenvalue weighted by Gasteiger charge is 2.58. The van der Waals surface area contributed by atoms with Gasteiger partial charge in [0.05, 0.1) is 0 Å². The van der Waals surface area contributed by atoms with Crippen LogP contribution in [0.4, 0.5) is 14.6 Å². The van der Waals surface area contributed by atoms with Crippen LogP contribution < -0.4 is 5.32 Å². The number of hydrogen-bond acceptors (Lipinski definition) is 3. The minimum Gasteiger partial charge on any atom is -0.308 e. The lowest BCUT2D eigenvalue weighted by Gasteiger charge is -2.50. The van der Waals surface area contributed by atoms with E-state index >= 15 is 0 Å². The van der Waals surface area contributed by atoms with Crippen LogP contribution in [0.3, 0.4) is 0 Å². The van der Waals surface area contributed by atoms with Crippen molar-refractivity contribution in [3.8, 4) is 0 Å². The quantitative estimate of drug-likeness (QED) is 0.693. The van der Waals surface area contributed by atoms with Crippen LogP contribution in [0.1, 0.15) is 62.5 Å². The number of rotatable bonds is 4. The first kappa shape index (κ1) is 21.2. The lowest BCUT2D eigenvalue weighted by molar-refractivity contribution is -0.129. The van der Waals surface area contributed by atoms with Crippen molar-refractivity contribution in [2.45, 2.75) is 57.8 Å². The maximum atomic E-state index is 13.8. The van der Waals surface area contributed by atoms with Crippen LogP contribution in [0.2, 0.25) is 0 Å². The molecule has 0 saturated heterocycles. The second-order valence-corrected chi connectivity index (χ2v) is 9.94. The molecular weight excluding hydrogens is 410 g/mol. The van der Waals surface area contributed by atoms with Crippen LogP contribution in [0.5, 0.6) is 0 Å². The molecule has 3 aliphatic rings. The van der Waals surface area contributed by atoms with E-state index in [9.17, 15) is 18.4 Å². The molecule has 2 aromatic rings. The molecule has 0 bridgehead atoms. The van der Waals surface area contributed by atoms with Crippen LogP contribution in [0.15, 0.2) is 36.5 Å². The number of anilines is 1. The molecule has 0 spiro atoms. The molecule has 168 valence electrons. The largest absolute Gasteiger partial charge is 0.308 e. The van der Waals surface area contributed by atoms with E-state index in [1.54, 1.807) is 12.1 Å². The molecule has 1 N–H and O–H groups in total. The molecule has 0 radical (unpaired) electrons. The molecule has 0 aliphatic heterocycles. The van der Waals surface area contributed by atoms with Gasteiger partial charge in [-0.05, 0) is 91.2 Å². The number of nitrogens with zero attached hydrogens (tertiary/aromatic N) is 1. The second-order valence-electron chi connectivity index (χ2n) is 9.94. The van der Waals surface area contributed by atoms with E-state index < -0.39 is 5.82 Å². The number of amides is 1. The number of ketones is 1. The van der Waals surface area contributed by atoms with Gasteiger partial charge in [0.15, 0.2) is 11.6 Å². The molecule has 32 heavy (non-hydrogen) atoms. The standard InChI is InChI=1S/C26H28F2N2O2/c1-26-11-10-19-18-8-6-17(27)13-15(18)4-7-20(19)24(26)16(14-22(26)31)5-9-23(32)30-25-21(28)3-2-12-29-25/h2-3,6,8,12-13,16,19-20,24H,4-5,7,9-11,14H2,1H3,(H,29,30,32)/t16-,19?,20?,24?,26-/m1/s1. The summed E-state index contributed by atoms with van der Waals surface area (Å²) < 4.78 is 27.6. The smallest absolute Gasteiger partial charge is 0.225 e. The maximum Gasteiger partial charge on any atom is 0.225 e. The van der Waals surface area contributed by atoms with Gasteiger partial charge < -0.3 is 5.32 Å². The molecule has 3 aliphatic carbocycles. The van der Waals surface area contributed by atoms with Crippen molar-refractivity contribution in [2.24, 2.45) is 23.2 Å². The fraction of sp³-hybridized carbons (Fsp3) is 0.500. The number of carbonyl (C=O) groups excluding carboxylic acids is 2. The highest BCUT2D eigenvalue weighted by atomic mass is 19.1. The number of carbonyl (C=O) groups is 2. The summed E-state index contributed by atoms with van der Waals surface area (Å²) in [6.45, 7) is 2.11. The van der Waals surface area contributed by atoms with Gasteiger partial charge in [-0.3, -0.25) is 9.59 Å². The topological polar surface area (TPSA) is 59.1 Å². The Kier molecular flexibility index (Phi) is 5.34. The Labute approximate surface area is 186 Å². The highest BCUT2D eigenvalue weighted by molar-refractivity contribution is 5.90. The van der Waals surface area contributed by atoms with E-state index in [1.807, 2.05) is 6.07 Å². The normalized spacial score (nSPS) is 30.9. The molecule has 5 rings (SSSR count). The predicted octanol–water partition coefficient (Wildman–Crippen LogP) is 5.43. The molecule has 1 amide bonds. The third-order valence-electron chi connectivity index (χ3n) is 8.29. The number of halogens is 2. The van der Waals surface area contributed by atoms with Gasteiger partial charge in [0.2, 0.25) is 5.91 Å². The number of aromatic nitrogens is 1. The summed E-state index contributed by atoms with van der Waals surface area (Å²) in [4.78, 5) is 29.4. The Morgan fingerprint density at radius 3 is 2.91 bits per heavy atom. The minimum atomic E-state index is -0.558. The number of pyridine rings is 1. The summed E-state index contributed by atoms with van der Waals surface area (Å²) in [7, 11) is 0. The zero-order chi connectivity index (χ0) is 22.5. The van der Waals surface area contributed by atoms with E-state index in [0.717, 1.165) is 31.2 Å². The Morgan fingerprint density at radius 2 is 2.09 bits per heavy atom. The zero-order valence-electron chi connectivity index (χ0n) is 18.2. The summed E-state index contributed by atoms with van der Waals surface area (Å²) in [5.41, 5.74) is 2.01. The fourth-order valence-corrected chi connectivity index (χ4v) is 6.86. The van der Waals surface area contributed by atoms with E-state index in [-0.39, 0.29) is 41.2 Å². The average molecular weight is 439 g/mol. The first-order chi connectivity index (χ1) is 15.4. The Morgan fingerprint density at radius 1 is 1.25 bits per heavy atom. The van der Waals surface area contributed by atoms with Crippen LogP contribution in [-0.2, 0) is 16.0 Å². The molecule has 6 heteroatoms. The number of aryl methyl sites for hydroxylation is 1. The fourth-order valence-electron chi connectivity index (χ4n) is 6.86. The summed E-state index contributed by atoms with van der Waals surface area (Å²) in [6, 6.07) is 7.89. The van der Waals surface area contributed by atoms with Crippen molar-refractivity contribution in [1.29, 1.82) is 0 Å².